The Labute approximate surface area is 135 Å². The molecular formula is C16H20N4O3. The summed E-state index contributed by atoms with van der Waals surface area (Å²) in [4.78, 5) is 6.17. The van der Waals surface area contributed by atoms with Crippen LogP contribution in [-0.4, -0.2) is 47.5 Å². The van der Waals surface area contributed by atoms with Gasteiger partial charge in [0.15, 0.2) is 5.82 Å². The van der Waals surface area contributed by atoms with Crippen molar-refractivity contribution >= 4 is 0 Å². The fourth-order valence-electron chi connectivity index (χ4n) is 2.13. The highest BCUT2D eigenvalue weighted by Gasteiger charge is 2.14. The van der Waals surface area contributed by atoms with Crippen LogP contribution >= 0.6 is 0 Å². The molecule has 0 aliphatic rings. The Morgan fingerprint density at radius 2 is 2.13 bits per heavy atom. The van der Waals surface area contributed by atoms with Crippen molar-refractivity contribution < 1.29 is 14.4 Å². The molecular weight excluding hydrogens is 296 g/mol. The zero-order valence-electron chi connectivity index (χ0n) is 13.3. The van der Waals surface area contributed by atoms with E-state index in [4.69, 9.17) is 14.5 Å². The van der Waals surface area contributed by atoms with Gasteiger partial charge >= 0.3 is 0 Å². The van der Waals surface area contributed by atoms with E-state index in [1.165, 1.54) is 0 Å². The first-order chi connectivity index (χ1) is 11.1. The summed E-state index contributed by atoms with van der Waals surface area (Å²) in [5, 5.41) is 22.9. The van der Waals surface area contributed by atoms with Crippen LogP contribution in [0.4, 0.5) is 0 Å². The average Bonchev–Trinajstić information content (AvgIpc) is 3.00. The molecule has 7 heteroatoms. The summed E-state index contributed by atoms with van der Waals surface area (Å²) in [6.07, 6.45) is -0.0407. The van der Waals surface area contributed by atoms with Gasteiger partial charge in [-0.2, -0.15) is 10.2 Å². The minimum absolute atomic E-state index is 0.418. The lowest BCUT2D eigenvalue weighted by atomic mass is 10.1. The lowest BCUT2D eigenvalue weighted by Gasteiger charge is -2.19. The third-order valence-electron chi connectivity index (χ3n) is 3.35. The number of likely N-dealkylation sites (N-methyl/N-ethyl adjacent to an activating group) is 1. The van der Waals surface area contributed by atoms with E-state index in [1.54, 1.807) is 31.4 Å². The first-order valence-electron chi connectivity index (χ1n) is 7.29. The summed E-state index contributed by atoms with van der Waals surface area (Å²) in [6, 6.07) is 8.95. The van der Waals surface area contributed by atoms with Crippen LogP contribution in [0.1, 0.15) is 28.9 Å². The van der Waals surface area contributed by atoms with Crippen LogP contribution < -0.4 is 0 Å². The van der Waals surface area contributed by atoms with Crippen molar-refractivity contribution in [3.05, 3.63) is 47.1 Å². The van der Waals surface area contributed by atoms with E-state index in [1.807, 2.05) is 11.9 Å². The quantitative estimate of drug-likeness (QED) is 0.784. The number of nitriles is 1. The summed E-state index contributed by atoms with van der Waals surface area (Å²) < 4.78 is 10.1. The summed E-state index contributed by atoms with van der Waals surface area (Å²) in [6.45, 7) is 1.42. The molecule has 1 N–H and O–H groups in total. The second-order valence-electron chi connectivity index (χ2n) is 5.29. The molecule has 1 unspecified atom stereocenters. The number of benzene rings is 1. The second-order valence-corrected chi connectivity index (χ2v) is 5.29. The fraction of sp³-hybridized carbons (Fsp3) is 0.438. The summed E-state index contributed by atoms with van der Waals surface area (Å²) in [5.41, 5.74) is 1.34. The molecule has 23 heavy (non-hydrogen) atoms. The smallest absolute Gasteiger partial charge is 0.240 e. The molecule has 1 heterocycles. The van der Waals surface area contributed by atoms with E-state index in [9.17, 15) is 5.11 Å². The van der Waals surface area contributed by atoms with Gasteiger partial charge in [0.1, 0.15) is 0 Å². The Bertz CT molecular complexity index is 648. The molecule has 0 aliphatic carbocycles. The summed E-state index contributed by atoms with van der Waals surface area (Å²) >= 11 is 0. The first kappa shape index (κ1) is 17.1. The highest BCUT2D eigenvalue weighted by atomic mass is 16.5. The SMILES string of the molecule is COCCc1noc(CN(C)CC(O)c2ccc(C#N)cc2)n1. The van der Waals surface area contributed by atoms with Crippen molar-refractivity contribution in [3.8, 4) is 6.07 Å². The minimum atomic E-state index is -0.649. The maximum atomic E-state index is 10.2. The molecule has 0 radical (unpaired) electrons. The molecule has 122 valence electrons. The van der Waals surface area contributed by atoms with Crippen molar-refractivity contribution in [2.75, 3.05) is 27.3 Å². The molecule has 0 amide bonds. The van der Waals surface area contributed by atoms with Crippen molar-refractivity contribution in [1.29, 1.82) is 5.26 Å². The maximum absolute atomic E-state index is 10.2. The number of methoxy groups -OCH3 is 1. The molecule has 1 aromatic carbocycles. The zero-order valence-corrected chi connectivity index (χ0v) is 13.3. The van der Waals surface area contributed by atoms with Gasteiger partial charge < -0.3 is 14.4 Å². The van der Waals surface area contributed by atoms with E-state index in [2.05, 4.69) is 16.2 Å². The number of hydrogen-bond acceptors (Lipinski definition) is 7. The molecule has 0 fully saturated rings. The van der Waals surface area contributed by atoms with Crippen LogP contribution in [0.5, 0.6) is 0 Å². The predicted molar refractivity (Wildman–Crippen MR) is 82.3 cm³/mol. The van der Waals surface area contributed by atoms with E-state index < -0.39 is 6.10 Å². The van der Waals surface area contributed by atoms with Crippen LogP contribution in [0.25, 0.3) is 0 Å². The Balaban J connectivity index is 1.86. The van der Waals surface area contributed by atoms with Gasteiger partial charge in [-0.05, 0) is 24.7 Å². The molecule has 0 saturated carbocycles. The highest BCUT2D eigenvalue weighted by molar-refractivity contribution is 5.32. The number of aliphatic hydroxyl groups is 1. The van der Waals surface area contributed by atoms with Gasteiger partial charge in [-0.3, -0.25) is 4.90 Å². The lowest BCUT2D eigenvalue weighted by molar-refractivity contribution is 0.118. The molecule has 0 aliphatic heterocycles. The van der Waals surface area contributed by atoms with Gasteiger partial charge in [-0.25, -0.2) is 0 Å². The number of hydrogen-bond donors (Lipinski definition) is 1. The molecule has 2 aromatic rings. The number of aromatic nitrogens is 2. The topological polar surface area (TPSA) is 95.4 Å². The maximum Gasteiger partial charge on any atom is 0.240 e. The largest absolute Gasteiger partial charge is 0.387 e. The van der Waals surface area contributed by atoms with E-state index in [0.29, 0.717) is 43.4 Å². The molecule has 0 saturated heterocycles. The number of ether oxygens (including phenoxy) is 1. The summed E-state index contributed by atoms with van der Waals surface area (Å²) in [5.74, 6) is 1.12. The standard InChI is InChI=1S/C16H20N4O3/c1-20(11-16-18-15(19-23-16)7-8-22-2)10-14(21)13-5-3-12(9-17)4-6-13/h3-6,14,21H,7-8,10-11H2,1-2H3. The Morgan fingerprint density at radius 1 is 1.39 bits per heavy atom. The Morgan fingerprint density at radius 3 is 2.78 bits per heavy atom. The number of nitrogens with zero attached hydrogens (tertiary/aromatic N) is 4. The third kappa shape index (κ3) is 5.14. The average molecular weight is 316 g/mol. The molecule has 0 spiro atoms. The monoisotopic (exact) mass is 316 g/mol. The number of aliphatic hydroxyl groups excluding tert-OH is 1. The molecule has 2 rings (SSSR count). The summed E-state index contributed by atoms with van der Waals surface area (Å²) in [7, 11) is 3.49. The van der Waals surface area contributed by atoms with Crippen LogP contribution in [0.15, 0.2) is 28.8 Å². The second kappa shape index (κ2) is 8.39. The molecule has 7 nitrogen and oxygen atoms in total. The Kier molecular flexibility index (Phi) is 6.23. The fourth-order valence-corrected chi connectivity index (χ4v) is 2.13. The van der Waals surface area contributed by atoms with Crippen LogP contribution in [0.2, 0.25) is 0 Å². The van der Waals surface area contributed by atoms with Gasteiger partial charge in [0, 0.05) is 20.1 Å². The lowest BCUT2D eigenvalue weighted by Crippen LogP contribution is -2.24. The van der Waals surface area contributed by atoms with Crippen LogP contribution in [-0.2, 0) is 17.7 Å². The van der Waals surface area contributed by atoms with Crippen molar-refractivity contribution in [1.82, 2.24) is 15.0 Å². The van der Waals surface area contributed by atoms with Gasteiger partial charge in [-0.15, -0.1) is 0 Å². The Hall–Kier alpha value is -2.27. The van der Waals surface area contributed by atoms with Gasteiger partial charge in [0.25, 0.3) is 0 Å². The van der Waals surface area contributed by atoms with E-state index in [-0.39, 0.29) is 0 Å². The predicted octanol–water partition coefficient (Wildman–Crippen LogP) is 1.30. The van der Waals surface area contributed by atoms with Crippen LogP contribution in [0.3, 0.4) is 0 Å². The van der Waals surface area contributed by atoms with E-state index in [0.717, 1.165) is 5.56 Å². The van der Waals surface area contributed by atoms with Gasteiger partial charge in [-0.1, -0.05) is 17.3 Å². The van der Waals surface area contributed by atoms with Gasteiger partial charge in [0.2, 0.25) is 5.89 Å². The van der Waals surface area contributed by atoms with Crippen molar-refractivity contribution in [2.45, 2.75) is 19.1 Å². The first-order valence-corrected chi connectivity index (χ1v) is 7.29. The zero-order chi connectivity index (χ0) is 16.7. The minimum Gasteiger partial charge on any atom is -0.387 e. The van der Waals surface area contributed by atoms with Crippen LogP contribution in [0, 0.1) is 11.3 Å². The van der Waals surface area contributed by atoms with Crippen molar-refractivity contribution in [2.24, 2.45) is 0 Å². The molecule has 1 atom stereocenters. The van der Waals surface area contributed by atoms with Crippen molar-refractivity contribution in [3.63, 3.8) is 0 Å². The van der Waals surface area contributed by atoms with Gasteiger partial charge in [0.05, 0.1) is 30.9 Å². The number of rotatable bonds is 8. The van der Waals surface area contributed by atoms with E-state index >= 15 is 0 Å². The molecule has 0 bridgehead atoms. The highest BCUT2D eigenvalue weighted by Crippen LogP contribution is 2.15. The molecule has 1 aromatic heterocycles. The third-order valence-corrected chi connectivity index (χ3v) is 3.35. The normalized spacial score (nSPS) is 12.3.